The highest BCUT2D eigenvalue weighted by Gasteiger charge is 2.30. The van der Waals surface area contributed by atoms with Gasteiger partial charge in [-0.1, -0.05) is 19.3 Å². The zero-order valence-electron chi connectivity index (χ0n) is 9.17. The second-order valence-electron chi connectivity index (χ2n) is 4.58. The summed E-state index contributed by atoms with van der Waals surface area (Å²) in [4.78, 5) is 0. The largest absolute Gasteiger partial charge is 0.396 e. The van der Waals surface area contributed by atoms with Crippen LogP contribution in [0.5, 0.6) is 0 Å². The Balaban J connectivity index is 2.23. The van der Waals surface area contributed by atoms with Crippen LogP contribution in [0.1, 0.15) is 39.0 Å². The molecule has 1 atom stereocenters. The van der Waals surface area contributed by atoms with Gasteiger partial charge in [0.1, 0.15) is 0 Å². The maximum atomic E-state index is 8.66. The summed E-state index contributed by atoms with van der Waals surface area (Å²) >= 11 is 0. The third-order valence-electron chi connectivity index (χ3n) is 3.13. The molecule has 3 nitrogen and oxygen atoms in total. The summed E-state index contributed by atoms with van der Waals surface area (Å²) in [6.07, 6.45) is 5.81. The average molecular weight is 201 g/mol. The first-order valence-corrected chi connectivity index (χ1v) is 5.65. The first-order chi connectivity index (χ1) is 6.70. The van der Waals surface area contributed by atoms with Crippen molar-refractivity contribution in [2.45, 2.75) is 44.6 Å². The molecular formula is C11H23NO2. The maximum absolute atomic E-state index is 8.66. The van der Waals surface area contributed by atoms with E-state index in [0.717, 1.165) is 12.3 Å². The summed E-state index contributed by atoms with van der Waals surface area (Å²) in [7, 11) is 0. The molecule has 0 bridgehead atoms. The second-order valence-corrected chi connectivity index (χ2v) is 4.58. The van der Waals surface area contributed by atoms with Crippen molar-refractivity contribution in [3.63, 3.8) is 0 Å². The van der Waals surface area contributed by atoms with Crippen molar-refractivity contribution in [2.24, 2.45) is 11.7 Å². The Morgan fingerprint density at radius 2 is 2.21 bits per heavy atom. The lowest BCUT2D eigenvalue weighted by molar-refractivity contribution is -0.0522. The van der Waals surface area contributed by atoms with E-state index >= 15 is 0 Å². The van der Waals surface area contributed by atoms with Gasteiger partial charge in [-0.2, -0.15) is 0 Å². The van der Waals surface area contributed by atoms with E-state index in [4.69, 9.17) is 15.6 Å². The van der Waals surface area contributed by atoms with E-state index in [-0.39, 0.29) is 12.2 Å². The number of aliphatic hydroxyl groups excluding tert-OH is 1. The number of aliphatic hydroxyl groups is 1. The molecule has 0 aromatic heterocycles. The molecule has 0 aliphatic heterocycles. The van der Waals surface area contributed by atoms with Crippen LogP contribution in [0.3, 0.4) is 0 Å². The van der Waals surface area contributed by atoms with E-state index in [1.54, 1.807) is 0 Å². The van der Waals surface area contributed by atoms with Crippen molar-refractivity contribution >= 4 is 0 Å². The van der Waals surface area contributed by atoms with Crippen LogP contribution >= 0.6 is 0 Å². The predicted molar refractivity (Wildman–Crippen MR) is 57.1 cm³/mol. The topological polar surface area (TPSA) is 55.5 Å². The molecule has 0 radical (unpaired) electrons. The van der Waals surface area contributed by atoms with Gasteiger partial charge in [0.2, 0.25) is 0 Å². The highest BCUT2D eigenvalue weighted by Crippen LogP contribution is 2.34. The molecule has 84 valence electrons. The smallest absolute Gasteiger partial charge is 0.0778 e. The molecular weight excluding hydrogens is 178 g/mol. The Bertz CT molecular complexity index is 159. The molecule has 1 saturated carbocycles. The zero-order chi connectivity index (χ0) is 10.4. The van der Waals surface area contributed by atoms with Gasteiger partial charge < -0.3 is 15.6 Å². The van der Waals surface area contributed by atoms with Gasteiger partial charge in [-0.25, -0.2) is 0 Å². The maximum Gasteiger partial charge on any atom is 0.0778 e. The van der Waals surface area contributed by atoms with E-state index in [1.807, 2.05) is 0 Å². The molecule has 3 N–H and O–H groups in total. The minimum Gasteiger partial charge on any atom is -0.396 e. The first kappa shape index (κ1) is 12.0. The number of hydrogen-bond donors (Lipinski definition) is 2. The SMILES string of the molecule is CC(CN)(CC1CCC1)OCCCO. The third kappa shape index (κ3) is 3.56. The van der Waals surface area contributed by atoms with Crippen molar-refractivity contribution in [1.29, 1.82) is 0 Å². The van der Waals surface area contributed by atoms with Gasteiger partial charge in [0, 0.05) is 19.8 Å². The van der Waals surface area contributed by atoms with Crippen molar-refractivity contribution in [1.82, 2.24) is 0 Å². The van der Waals surface area contributed by atoms with E-state index < -0.39 is 0 Å². The number of ether oxygens (including phenoxy) is 1. The molecule has 14 heavy (non-hydrogen) atoms. The van der Waals surface area contributed by atoms with Crippen LogP contribution in [0.25, 0.3) is 0 Å². The molecule has 0 amide bonds. The fourth-order valence-corrected chi connectivity index (χ4v) is 1.89. The molecule has 3 heteroatoms. The third-order valence-corrected chi connectivity index (χ3v) is 3.13. The van der Waals surface area contributed by atoms with E-state index in [0.29, 0.717) is 19.6 Å². The minimum absolute atomic E-state index is 0.166. The molecule has 0 heterocycles. The fourth-order valence-electron chi connectivity index (χ4n) is 1.89. The van der Waals surface area contributed by atoms with Crippen LogP contribution in [-0.4, -0.2) is 30.5 Å². The molecule has 1 aliphatic rings. The van der Waals surface area contributed by atoms with Gasteiger partial charge in [0.25, 0.3) is 0 Å². The van der Waals surface area contributed by atoms with Crippen molar-refractivity contribution in [2.75, 3.05) is 19.8 Å². The van der Waals surface area contributed by atoms with Crippen LogP contribution in [0.15, 0.2) is 0 Å². The standard InChI is InChI=1S/C11H23NO2/c1-11(9-12,14-7-3-6-13)8-10-4-2-5-10/h10,13H,2-9,12H2,1H3. The van der Waals surface area contributed by atoms with E-state index in [1.165, 1.54) is 19.3 Å². The summed E-state index contributed by atoms with van der Waals surface area (Å²) in [6, 6.07) is 0. The normalized spacial score (nSPS) is 21.6. The number of hydrogen-bond acceptors (Lipinski definition) is 3. The lowest BCUT2D eigenvalue weighted by Gasteiger charge is -2.36. The van der Waals surface area contributed by atoms with Gasteiger partial charge in [-0.15, -0.1) is 0 Å². The van der Waals surface area contributed by atoms with E-state index in [9.17, 15) is 0 Å². The van der Waals surface area contributed by atoms with Gasteiger partial charge in [-0.3, -0.25) is 0 Å². The van der Waals surface area contributed by atoms with Crippen LogP contribution < -0.4 is 5.73 Å². The predicted octanol–water partition coefficient (Wildman–Crippen LogP) is 1.29. The summed E-state index contributed by atoms with van der Waals surface area (Å²) in [5.41, 5.74) is 5.56. The van der Waals surface area contributed by atoms with Crippen LogP contribution in [0.2, 0.25) is 0 Å². The Kier molecular flexibility index (Phi) is 4.85. The van der Waals surface area contributed by atoms with Crippen molar-refractivity contribution in [3.8, 4) is 0 Å². The molecule has 1 unspecified atom stereocenters. The highest BCUT2D eigenvalue weighted by molar-refractivity contribution is 4.83. The minimum atomic E-state index is -0.166. The Morgan fingerprint density at radius 1 is 1.50 bits per heavy atom. The quantitative estimate of drug-likeness (QED) is 0.610. The Morgan fingerprint density at radius 3 is 2.64 bits per heavy atom. The second kappa shape index (κ2) is 5.69. The molecule has 1 rings (SSSR count). The Labute approximate surface area is 86.6 Å². The highest BCUT2D eigenvalue weighted by atomic mass is 16.5. The van der Waals surface area contributed by atoms with Gasteiger partial charge in [-0.05, 0) is 25.7 Å². The zero-order valence-corrected chi connectivity index (χ0v) is 9.17. The number of nitrogens with two attached hydrogens (primary N) is 1. The van der Waals surface area contributed by atoms with Crippen LogP contribution in [-0.2, 0) is 4.74 Å². The summed E-state index contributed by atoms with van der Waals surface area (Å²) in [5, 5.41) is 8.66. The summed E-state index contributed by atoms with van der Waals surface area (Å²) in [5.74, 6) is 0.817. The Hall–Kier alpha value is -0.120. The molecule has 1 aliphatic carbocycles. The first-order valence-electron chi connectivity index (χ1n) is 5.65. The molecule has 0 aromatic carbocycles. The molecule has 0 spiro atoms. The number of rotatable bonds is 7. The van der Waals surface area contributed by atoms with E-state index in [2.05, 4.69) is 6.92 Å². The van der Waals surface area contributed by atoms with Gasteiger partial charge in [0.15, 0.2) is 0 Å². The lowest BCUT2D eigenvalue weighted by Crippen LogP contribution is -2.41. The summed E-state index contributed by atoms with van der Waals surface area (Å²) < 4.78 is 5.74. The van der Waals surface area contributed by atoms with Crippen LogP contribution in [0, 0.1) is 5.92 Å². The monoisotopic (exact) mass is 201 g/mol. The molecule has 0 aromatic rings. The molecule has 0 saturated heterocycles. The van der Waals surface area contributed by atoms with Gasteiger partial charge in [0.05, 0.1) is 5.60 Å². The average Bonchev–Trinajstić information content (AvgIpc) is 2.12. The summed E-state index contributed by atoms with van der Waals surface area (Å²) in [6.45, 7) is 3.48. The van der Waals surface area contributed by atoms with Gasteiger partial charge >= 0.3 is 0 Å². The fraction of sp³-hybridized carbons (Fsp3) is 1.00. The van der Waals surface area contributed by atoms with Crippen molar-refractivity contribution in [3.05, 3.63) is 0 Å². The molecule has 1 fully saturated rings. The van der Waals surface area contributed by atoms with Crippen molar-refractivity contribution < 1.29 is 9.84 Å². The van der Waals surface area contributed by atoms with Crippen LogP contribution in [0.4, 0.5) is 0 Å². The lowest BCUT2D eigenvalue weighted by atomic mass is 9.78.